The molecule has 1 aromatic carbocycles. The van der Waals surface area contributed by atoms with Gasteiger partial charge in [0.15, 0.2) is 0 Å². The van der Waals surface area contributed by atoms with Gasteiger partial charge in [0.05, 0.1) is 5.02 Å². The second kappa shape index (κ2) is 3.57. The zero-order chi connectivity index (χ0) is 11.9. The quantitative estimate of drug-likeness (QED) is 0.592. The molecule has 4 amide bonds. The second-order valence-corrected chi connectivity index (χ2v) is 3.38. The standard InChI is InChI=1S/C9H4ClFN2O3/c10-4-2-1-3-5(11)6(4)13-8(15)7(14)12-9(13)16/h1-3H,(H,12,14,16). The Labute approximate surface area is 93.8 Å². The summed E-state index contributed by atoms with van der Waals surface area (Å²) in [4.78, 5) is 33.8. The van der Waals surface area contributed by atoms with E-state index in [-0.39, 0.29) is 5.02 Å². The SMILES string of the molecule is O=C1NC(=O)N(c2c(F)cccc2Cl)C1=O. The van der Waals surface area contributed by atoms with Gasteiger partial charge < -0.3 is 0 Å². The van der Waals surface area contributed by atoms with E-state index in [0.29, 0.717) is 4.90 Å². The maximum Gasteiger partial charge on any atom is 0.336 e. The Morgan fingerprint density at radius 2 is 1.94 bits per heavy atom. The molecule has 0 spiro atoms. The average Bonchev–Trinajstić information content (AvgIpc) is 2.44. The van der Waals surface area contributed by atoms with Gasteiger partial charge in [-0.2, -0.15) is 0 Å². The van der Waals surface area contributed by atoms with Crippen molar-refractivity contribution in [3.63, 3.8) is 0 Å². The number of hydrogen-bond acceptors (Lipinski definition) is 3. The third kappa shape index (κ3) is 1.43. The van der Waals surface area contributed by atoms with Gasteiger partial charge in [0.2, 0.25) is 0 Å². The van der Waals surface area contributed by atoms with Crippen molar-refractivity contribution in [3.05, 3.63) is 29.0 Å². The summed E-state index contributed by atoms with van der Waals surface area (Å²) in [7, 11) is 0. The van der Waals surface area contributed by atoms with Gasteiger partial charge in [-0.05, 0) is 12.1 Å². The number of urea groups is 1. The molecular formula is C9H4ClFN2O3. The molecule has 0 saturated carbocycles. The monoisotopic (exact) mass is 242 g/mol. The van der Waals surface area contributed by atoms with Crippen LogP contribution in [0.4, 0.5) is 14.9 Å². The van der Waals surface area contributed by atoms with E-state index in [1.807, 2.05) is 0 Å². The van der Waals surface area contributed by atoms with Crippen molar-refractivity contribution in [1.82, 2.24) is 5.32 Å². The van der Waals surface area contributed by atoms with Crippen LogP contribution in [0.15, 0.2) is 18.2 Å². The summed E-state index contributed by atoms with van der Waals surface area (Å²) >= 11 is 5.66. The van der Waals surface area contributed by atoms with Crippen molar-refractivity contribution in [1.29, 1.82) is 0 Å². The smallest absolute Gasteiger partial charge is 0.269 e. The first-order valence-corrected chi connectivity index (χ1v) is 4.53. The highest BCUT2D eigenvalue weighted by Gasteiger charge is 2.40. The predicted molar refractivity (Wildman–Crippen MR) is 52.4 cm³/mol. The number of rotatable bonds is 1. The molecule has 0 aromatic heterocycles. The van der Waals surface area contributed by atoms with Gasteiger partial charge in [-0.25, -0.2) is 14.1 Å². The summed E-state index contributed by atoms with van der Waals surface area (Å²) in [5, 5.41) is 1.62. The lowest BCUT2D eigenvalue weighted by molar-refractivity contribution is -0.134. The largest absolute Gasteiger partial charge is 0.336 e. The Bertz CT molecular complexity index is 497. The van der Waals surface area contributed by atoms with Gasteiger partial charge in [0, 0.05) is 0 Å². The van der Waals surface area contributed by atoms with E-state index in [0.717, 1.165) is 6.07 Å². The van der Waals surface area contributed by atoms with E-state index in [1.165, 1.54) is 12.1 Å². The van der Waals surface area contributed by atoms with E-state index in [1.54, 1.807) is 5.32 Å². The van der Waals surface area contributed by atoms with Gasteiger partial charge in [0.1, 0.15) is 11.5 Å². The number of imide groups is 2. The maximum absolute atomic E-state index is 13.4. The van der Waals surface area contributed by atoms with Crippen molar-refractivity contribution in [2.24, 2.45) is 0 Å². The molecule has 0 bridgehead atoms. The minimum atomic E-state index is -1.16. The lowest BCUT2D eigenvalue weighted by Crippen LogP contribution is -2.31. The molecule has 1 saturated heterocycles. The highest BCUT2D eigenvalue weighted by Crippen LogP contribution is 2.30. The second-order valence-electron chi connectivity index (χ2n) is 2.97. The molecule has 0 aliphatic carbocycles. The van der Waals surface area contributed by atoms with Crippen LogP contribution in [0.5, 0.6) is 0 Å². The van der Waals surface area contributed by atoms with Crippen LogP contribution in [0.25, 0.3) is 0 Å². The molecule has 1 fully saturated rings. The highest BCUT2D eigenvalue weighted by molar-refractivity contribution is 6.54. The molecule has 1 N–H and O–H groups in total. The molecule has 0 unspecified atom stereocenters. The molecule has 0 radical (unpaired) electrons. The fourth-order valence-corrected chi connectivity index (χ4v) is 1.55. The molecule has 0 atom stereocenters. The highest BCUT2D eigenvalue weighted by atomic mass is 35.5. The van der Waals surface area contributed by atoms with Crippen molar-refractivity contribution < 1.29 is 18.8 Å². The summed E-state index contributed by atoms with van der Waals surface area (Å²) < 4.78 is 13.4. The number of amides is 4. The summed E-state index contributed by atoms with van der Waals surface area (Å²) in [6.45, 7) is 0. The first-order chi connectivity index (χ1) is 7.52. The van der Waals surface area contributed by atoms with Crippen molar-refractivity contribution in [3.8, 4) is 0 Å². The van der Waals surface area contributed by atoms with Crippen molar-refractivity contribution in [2.75, 3.05) is 4.90 Å². The van der Waals surface area contributed by atoms with Crippen LogP contribution in [0, 0.1) is 5.82 Å². The lowest BCUT2D eigenvalue weighted by Gasteiger charge is -2.13. The maximum atomic E-state index is 13.4. The number of benzene rings is 1. The molecule has 2 rings (SSSR count). The third-order valence-electron chi connectivity index (χ3n) is 1.98. The molecule has 5 nitrogen and oxygen atoms in total. The fourth-order valence-electron chi connectivity index (χ4n) is 1.31. The Balaban J connectivity index is 2.57. The Morgan fingerprint density at radius 3 is 2.44 bits per heavy atom. The van der Waals surface area contributed by atoms with Crippen LogP contribution in [-0.2, 0) is 9.59 Å². The van der Waals surface area contributed by atoms with Gasteiger partial charge in [-0.1, -0.05) is 17.7 Å². The van der Waals surface area contributed by atoms with E-state index < -0.39 is 29.4 Å². The predicted octanol–water partition coefficient (Wildman–Crippen LogP) is 1.06. The van der Waals surface area contributed by atoms with Crippen molar-refractivity contribution in [2.45, 2.75) is 0 Å². The van der Waals surface area contributed by atoms with Crippen LogP contribution < -0.4 is 10.2 Å². The van der Waals surface area contributed by atoms with Gasteiger partial charge in [-0.3, -0.25) is 14.9 Å². The van der Waals surface area contributed by atoms with Crippen molar-refractivity contribution >= 4 is 35.1 Å². The summed E-state index contributed by atoms with van der Waals surface area (Å²) in [6.07, 6.45) is 0. The first kappa shape index (κ1) is 10.6. The molecule has 1 aromatic rings. The lowest BCUT2D eigenvalue weighted by atomic mass is 10.3. The normalized spacial score (nSPS) is 15.6. The number of halogens is 2. The molecule has 1 heterocycles. The number of anilines is 1. The van der Waals surface area contributed by atoms with Crippen LogP contribution >= 0.6 is 11.6 Å². The molecule has 1 aliphatic rings. The molecule has 1 aliphatic heterocycles. The molecular weight excluding hydrogens is 239 g/mol. The van der Waals surface area contributed by atoms with Gasteiger partial charge >= 0.3 is 17.8 Å². The summed E-state index contributed by atoms with van der Waals surface area (Å²) in [6, 6.07) is 2.65. The van der Waals surface area contributed by atoms with E-state index in [2.05, 4.69) is 0 Å². The van der Waals surface area contributed by atoms with Crippen LogP contribution in [-0.4, -0.2) is 17.8 Å². The Hall–Kier alpha value is -1.95. The van der Waals surface area contributed by atoms with Gasteiger partial charge in [0.25, 0.3) is 0 Å². The van der Waals surface area contributed by atoms with E-state index in [9.17, 15) is 18.8 Å². The molecule has 16 heavy (non-hydrogen) atoms. The molecule has 7 heteroatoms. The summed E-state index contributed by atoms with van der Waals surface area (Å²) in [5.74, 6) is -3.12. The average molecular weight is 243 g/mol. The van der Waals surface area contributed by atoms with Crippen LogP contribution in [0.3, 0.4) is 0 Å². The minimum absolute atomic E-state index is 0.127. The number of carbonyl (C=O) groups is 3. The first-order valence-electron chi connectivity index (χ1n) is 4.16. The fraction of sp³-hybridized carbons (Fsp3) is 0. The minimum Gasteiger partial charge on any atom is -0.269 e. The zero-order valence-corrected chi connectivity index (χ0v) is 8.42. The number of nitrogens with one attached hydrogen (secondary N) is 1. The van der Waals surface area contributed by atoms with Crippen LogP contribution in [0.2, 0.25) is 5.02 Å². The Morgan fingerprint density at radius 1 is 1.25 bits per heavy atom. The number of carbonyl (C=O) groups excluding carboxylic acids is 3. The van der Waals surface area contributed by atoms with Crippen LogP contribution in [0.1, 0.15) is 0 Å². The van der Waals surface area contributed by atoms with Gasteiger partial charge in [-0.15, -0.1) is 0 Å². The number of nitrogens with zero attached hydrogens (tertiary/aromatic N) is 1. The Kier molecular flexibility index (Phi) is 2.35. The summed E-state index contributed by atoms with van der Waals surface area (Å²) in [5.41, 5.74) is -0.419. The third-order valence-corrected chi connectivity index (χ3v) is 2.29. The molecule has 82 valence electrons. The van der Waals surface area contributed by atoms with E-state index in [4.69, 9.17) is 11.6 Å². The number of para-hydroxylation sites is 1. The number of hydrogen-bond donors (Lipinski definition) is 1. The van der Waals surface area contributed by atoms with E-state index >= 15 is 0 Å². The zero-order valence-electron chi connectivity index (χ0n) is 7.66. The topological polar surface area (TPSA) is 66.5 Å².